The van der Waals surface area contributed by atoms with Crippen LogP contribution in [0.2, 0.25) is 0 Å². The molecular formula is C14H20N2O2S. The molecule has 1 aromatic heterocycles. The molecule has 104 valence electrons. The molecule has 1 aliphatic rings. The van der Waals surface area contributed by atoms with Crippen molar-refractivity contribution in [1.82, 2.24) is 10.2 Å². The van der Waals surface area contributed by atoms with Crippen molar-refractivity contribution in [2.24, 2.45) is 5.92 Å². The van der Waals surface area contributed by atoms with Crippen molar-refractivity contribution in [2.45, 2.75) is 45.8 Å². The number of nitrogens with zero attached hydrogens (tertiary/aromatic N) is 1. The molecule has 0 saturated carbocycles. The van der Waals surface area contributed by atoms with Gasteiger partial charge < -0.3 is 10.2 Å². The van der Waals surface area contributed by atoms with E-state index in [1.54, 1.807) is 11.3 Å². The first-order valence-corrected chi connectivity index (χ1v) is 7.54. The summed E-state index contributed by atoms with van der Waals surface area (Å²) in [6, 6.07) is 1.56. The minimum absolute atomic E-state index is 0.0274. The first-order chi connectivity index (χ1) is 8.99. The van der Waals surface area contributed by atoms with E-state index in [0.29, 0.717) is 13.0 Å². The van der Waals surface area contributed by atoms with E-state index in [0.717, 1.165) is 5.56 Å². The van der Waals surface area contributed by atoms with E-state index in [1.807, 2.05) is 42.5 Å². The molecule has 2 unspecified atom stereocenters. The highest BCUT2D eigenvalue weighted by atomic mass is 32.1. The SMILES string of the molecule is CC(C)C1NC(=O)CC(C)N(Cc2ccsc2)C1=O. The van der Waals surface area contributed by atoms with Gasteiger partial charge in [-0.2, -0.15) is 11.3 Å². The smallest absolute Gasteiger partial charge is 0.245 e. The van der Waals surface area contributed by atoms with Crippen LogP contribution >= 0.6 is 11.3 Å². The van der Waals surface area contributed by atoms with E-state index in [1.165, 1.54) is 0 Å². The van der Waals surface area contributed by atoms with Crippen molar-refractivity contribution < 1.29 is 9.59 Å². The van der Waals surface area contributed by atoms with Gasteiger partial charge in [-0.15, -0.1) is 0 Å². The molecule has 1 saturated heterocycles. The molecule has 2 rings (SSSR count). The van der Waals surface area contributed by atoms with E-state index in [9.17, 15) is 9.59 Å². The molecular weight excluding hydrogens is 260 g/mol. The maximum Gasteiger partial charge on any atom is 0.245 e. The van der Waals surface area contributed by atoms with Gasteiger partial charge in [0.05, 0.1) is 0 Å². The van der Waals surface area contributed by atoms with Crippen molar-refractivity contribution in [1.29, 1.82) is 0 Å². The van der Waals surface area contributed by atoms with Crippen LogP contribution in [-0.2, 0) is 16.1 Å². The first kappa shape index (κ1) is 14.1. The molecule has 19 heavy (non-hydrogen) atoms. The fraction of sp³-hybridized carbons (Fsp3) is 0.571. The normalized spacial score (nSPS) is 24.5. The third-order valence-corrected chi connectivity index (χ3v) is 4.21. The summed E-state index contributed by atoms with van der Waals surface area (Å²) in [4.78, 5) is 26.2. The number of rotatable bonds is 3. The summed E-state index contributed by atoms with van der Waals surface area (Å²) >= 11 is 1.62. The molecule has 0 bridgehead atoms. The van der Waals surface area contributed by atoms with Crippen LogP contribution in [0.1, 0.15) is 32.8 Å². The molecule has 0 radical (unpaired) electrons. The summed E-state index contributed by atoms with van der Waals surface area (Å²) in [5.74, 6) is 0.0960. The molecule has 4 nitrogen and oxygen atoms in total. The van der Waals surface area contributed by atoms with Gasteiger partial charge in [0, 0.05) is 19.0 Å². The standard InChI is InChI=1S/C14H20N2O2S/c1-9(2)13-14(18)16(7-11-4-5-19-8-11)10(3)6-12(17)15-13/h4-5,8-10,13H,6-7H2,1-3H3,(H,15,17). The van der Waals surface area contributed by atoms with Gasteiger partial charge in [-0.1, -0.05) is 13.8 Å². The Bertz CT molecular complexity index is 456. The third-order valence-electron chi connectivity index (χ3n) is 3.48. The predicted octanol–water partition coefficient (Wildman–Crippen LogP) is 2.01. The van der Waals surface area contributed by atoms with Crippen LogP contribution in [0.15, 0.2) is 16.8 Å². The molecule has 1 N–H and O–H groups in total. The van der Waals surface area contributed by atoms with Crippen LogP contribution in [0.4, 0.5) is 0 Å². The number of hydrogen-bond acceptors (Lipinski definition) is 3. The van der Waals surface area contributed by atoms with Gasteiger partial charge in [0.25, 0.3) is 0 Å². The number of hydrogen-bond donors (Lipinski definition) is 1. The molecule has 0 aliphatic carbocycles. The fourth-order valence-corrected chi connectivity index (χ4v) is 2.99. The average Bonchev–Trinajstić information content (AvgIpc) is 2.80. The van der Waals surface area contributed by atoms with E-state index in [-0.39, 0.29) is 23.8 Å². The van der Waals surface area contributed by atoms with Crippen molar-refractivity contribution in [3.63, 3.8) is 0 Å². The van der Waals surface area contributed by atoms with Crippen LogP contribution in [0, 0.1) is 5.92 Å². The Labute approximate surface area is 117 Å². The lowest BCUT2D eigenvalue weighted by Gasteiger charge is -2.29. The van der Waals surface area contributed by atoms with E-state index < -0.39 is 6.04 Å². The zero-order valence-corrected chi connectivity index (χ0v) is 12.4. The molecule has 1 aromatic rings. The molecule has 2 atom stereocenters. The first-order valence-electron chi connectivity index (χ1n) is 6.60. The fourth-order valence-electron chi connectivity index (χ4n) is 2.33. The summed E-state index contributed by atoms with van der Waals surface area (Å²) < 4.78 is 0. The Kier molecular flexibility index (Phi) is 4.24. The maximum absolute atomic E-state index is 12.6. The minimum atomic E-state index is -0.406. The lowest BCUT2D eigenvalue weighted by Crippen LogP contribution is -2.48. The summed E-state index contributed by atoms with van der Waals surface area (Å²) in [6.45, 7) is 6.44. The quantitative estimate of drug-likeness (QED) is 0.920. The number of carbonyl (C=O) groups is 2. The molecule has 2 heterocycles. The number of amides is 2. The van der Waals surface area contributed by atoms with Crippen molar-refractivity contribution >= 4 is 23.2 Å². The highest BCUT2D eigenvalue weighted by Crippen LogP contribution is 2.19. The van der Waals surface area contributed by atoms with Crippen LogP contribution in [0.25, 0.3) is 0 Å². The topological polar surface area (TPSA) is 49.4 Å². The summed E-state index contributed by atoms with van der Waals surface area (Å²) in [5.41, 5.74) is 1.13. The molecule has 1 fully saturated rings. The molecule has 0 aromatic carbocycles. The van der Waals surface area contributed by atoms with Crippen LogP contribution in [-0.4, -0.2) is 28.8 Å². The second-order valence-electron chi connectivity index (χ2n) is 5.44. The van der Waals surface area contributed by atoms with Gasteiger partial charge in [0.1, 0.15) is 6.04 Å². The van der Waals surface area contributed by atoms with Gasteiger partial charge in [-0.3, -0.25) is 9.59 Å². The number of thiophene rings is 1. The molecule has 5 heteroatoms. The van der Waals surface area contributed by atoms with Crippen molar-refractivity contribution in [3.05, 3.63) is 22.4 Å². The second-order valence-corrected chi connectivity index (χ2v) is 6.22. The Balaban J connectivity index is 2.22. The summed E-state index contributed by atoms with van der Waals surface area (Å²) in [5, 5.41) is 6.89. The summed E-state index contributed by atoms with van der Waals surface area (Å²) in [7, 11) is 0. The lowest BCUT2D eigenvalue weighted by atomic mass is 10.0. The Morgan fingerprint density at radius 3 is 2.79 bits per heavy atom. The van der Waals surface area contributed by atoms with Gasteiger partial charge >= 0.3 is 0 Å². The Hall–Kier alpha value is -1.36. The number of nitrogens with one attached hydrogen (secondary N) is 1. The average molecular weight is 280 g/mol. The van der Waals surface area contributed by atoms with Crippen molar-refractivity contribution in [3.8, 4) is 0 Å². The van der Waals surface area contributed by atoms with Crippen LogP contribution < -0.4 is 5.32 Å². The lowest BCUT2D eigenvalue weighted by molar-refractivity contribution is -0.136. The van der Waals surface area contributed by atoms with Crippen LogP contribution in [0.5, 0.6) is 0 Å². The van der Waals surface area contributed by atoms with E-state index in [2.05, 4.69) is 5.32 Å². The van der Waals surface area contributed by atoms with Gasteiger partial charge in [-0.25, -0.2) is 0 Å². The molecule has 1 aliphatic heterocycles. The van der Waals surface area contributed by atoms with Gasteiger partial charge in [0.2, 0.25) is 11.8 Å². The van der Waals surface area contributed by atoms with Gasteiger partial charge in [0.15, 0.2) is 0 Å². The minimum Gasteiger partial charge on any atom is -0.344 e. The second kappa shape index (κ2) is 5.74. The third kappa shape index (κ3) is 3.15. The van der Waals surface area contributed by atoms with E-state index in [4.69, 9.17) is 0 Å². The summed E-state index contributed by atoms with van der Waals surface area (Å²) in [6.07, 6.45) is 0.374. The van der Waals surface area contributed by atoms with Crippen molar-refractivity contribution in [2.75, 3.05) is 0 Å². The van der Waals surface area contributed by atoms with Crippen LogP contribution in [0.3, 0.4) is 0 Å². The zero-order chi connectivity index (χ0) is 14.0. The number of carbonyl (C=O) groups excluding carboxylic acids is 2. The highest BCUT2D eigenvalue weighted by molar-refractivity contribution is 7.07. The Morgan fingerprint density at radius 1 is 1.47 bits per heavy atom. The Morgan fingerprint density at radius 2 is 2.21 bits per heavy atom. The zero-order valence-electron chi connectivity index (χ0n) is 11.6. The van der Waals surface area contributed by atoms with E-state index >= 15 is 0 Å². The largest absolute Gasteiger partial charge is 0.344 e. The molecule has 2 amide bonds. The highest BCUT2D eigenvalue weighted by Gasteiger charge is 2.35. The monoisotopic (exact) mass is 280 g/mol. The molecule has 0 spiro atoms. The predicted molar refractivity (Wildman–Crippen MR) is 75.7 cm³/mol. The van der Waals surface area contributed by atoms with Gasteiger partial charge in [-0.05, 0) is 35.2 Å². The maximum atomic E-state index is 12.6.